The SMILES string of the molecule is Cc1ccc(C(C)C)cc1NC(=O)C1CSCN1. The van der Waals surface area contributed by atoms with Gasteiger partial charge in [-0.15, -0.1) is 11.8 Å². The van der Waals surface area contributed by atoms with Crippen molar-refractivity contribution in [2.45, 2.75) is 32.7 Å². The van der Waals surface area contributed by atoms with Crippen molar-refractivity contribution in [3.8, 4) is 0 Å². The highest BCUT2D eigenvalue weighted by Gasteiger charge is 2.22. The van der Waals surface area contributed by atoms with E-state index < -0.39 is 0 Å². The molecular weight excluding hydrogens is 244 g/mol. The van der Waals surface area contributed by atoms with E-state index in [2.05, 4.69) is 42.7 Å². The third kappa shape index (κ3) is 3.06. The van der Waals surface area contributed by atoms with Gasteiger partial charge in [0.25, 0.3) is 0 Å². The molecule has 0 aliphatic carbocycles. The van der Waals surface area contributed by atoms with Crippen molar-refractivity contribution in [2.75, 3.05) is 16.9 Å². The highest BCUT2D eigenvalue weighted by atomic mass is 32.2. The summed E-state index contributed by atoms with van der Waals surface area (Å²) in [6.45, 7) is 6.34. The molecule has 0 spiro atoms. The molecule has 0 bridgehead atoms. The second-order valence-electron chi connectivity index (χ2n) is 4.99. The van der Waals surface area contributed by atoms with Crippen molar-refractivity contribution in [3.05, 3.63) is 29.3 Å². The zero-order valence-electron chi connectivity index (χ0n) is 11.1. The van der Waals surface area contributed by atoms with Gasteiger partial charge in [0.05, 0.1) is 6.04 Å². The monoisotopic (exact) mass is 264 g/mol. The first-order valence-electron chi connectivity index (χ1n) is 6.30. The third-order valence-corrected chi connectivity index (χ3v) is 4.16. The number of carbonyl (C=O) groups is 1. The molecule has 2 rings (SSSR count). The molecule has 1 atom stereocenters. The topological polar surface area (TPSA) is 41.1 Å². The number of anilines is 1. The lowest BCUT2D eigenvalue weighted by atomic mass is 10.0. The minimum absolute atomic E-state index is 0.0582. The van der Waals surface area contributed by atoms with E-state index in [0.717, 1.165) is 22.9 Å². The van der Waals surface area contributed by atoms with E-state index in [-0.39, 0.29) is 11.9 Å². The summed E-state index contributed by atoms with van der Waals surface area (Å²) >= 11 is 1.76. The van der Waals surface area contributed by atoms with Crippen molar-refractivity contribution in [1.29, 1.82) is 0 Å². The number of amides is 1. The van der Waals surface area contributed by atoms with Crippen LogP contribution in [0.1, 0.15) is 30.9 Å². The van der Waals surface area contributed by atoms with Gasteiger partial charge in [-0.1, -0.05) is 26.0 Å². The first-order valence-corrected chi connectivity index (χ1v) is 7.46. The molecule has 4 heteroatoms. The van der Waals surface area contributed by atoms with E-state index in [1.165, 1.54) is 5.56 Å². The maximum Gasteiger partial charge on any atom is 0.242 e. The number of benzene rings is 1. The van der Waals surface area contributed by atoms with E-state index in [9.17, 15) is 4.79 Å². The van der Waals surface area contributed by atoms with Crippen LogP contribution in [0.15, 0.2) is 18.2 Å². The van der Waals surface area contributed by atoms with Crippen LogP contribution < -0.4 is 10.6 Å². The molecule has 1 fully saturated rings. The molecule has 1 aliphatic rings. The Kier molecular flexibility index (Phi) is 4.30. The van der Waals surface area contributed by atoms with Gasteiger partial charge in [0.1, 0.15) is 0 Å². The molecule has 0 radical (unpaired) electrons. The fourth-order valence-electron chi connectivity index (χ4n) is 1.92. The van der Waals surface area contributed by atoms with Crippen molar-refractivity contribution in [3.63, 3.8) is 0 Å². The molecule has 1 heterocycles. The van der Waals surface area contributed by atoms with Gasteiger partial charge in [-0.3, -0.25) is 10.1 Å². The molecule has 18 heavy (non-hydrogen) atoms. The molecule has 0 saturated carbocycles. The first kappa shape index (κ1) is 13.4. The smallest absolute Gasteiger partial charge is 0.242 e. The van der Waals surface area contributed by atoms with Gasteiger partial charge >= 0.3 is 0 Å². The highest BCUT2D eigenvalue weighted by molar-refractivity contribution is 7.99. The predicted molar refractivity (Wildman–Crippen MR) is 78.1 cm³/mol. The van der Waals surface area contributed by atoms with Gasteiger partial charge in [-0.25, -0.2) is 0 Å². The van der Waals surface area contributed by atoms with Gasteiger partial charge < -0.3 is 5.32 Å². The normalized spacial score (nSPS) is 19.2. The average molecular weight is 264 g/mol. The molecule has 3 nitrogen and oxygen atoms in total. The number of thioether (sulfide) groups is 1. The molecule has 0 aromatic heterocycles. The Morgan fingerprint density at radius 3 is 2.89 bits per heavy atom. The summed E-state index contributed by atoms with van der Waals surface area (Å²) in [7, 11) is 0. The number of carbonyl (C=O) groups excluding carboxylic acids is 1. The lowest BCUT2D eigenvalue weighted by Crippen LogP contribution is -2.37. The third-order valence-electron chi connectivity index (χ3n) is 3.22. The Morgan fingerprint density at radius 2 is 2.28 bits per heavy atom. The zero-order valence-corrected chi connectivity index (χ0v) is 11.9. The van der Waals surface area contributed by atoms with Crippen molar-refractivity contribution < 1.29 is 4.79 Å². The van der Waals surface area contributed by atoms with E-state index >= 15 is 0 Å². The lowest BCUT2D eigenvalue weighted by Gasteiger charge is -2.15. The number of hydrogen-bond donors (Lipinski definition) is 2. The standard InChI is InChI=1S/C14H20N2OS/c1-9(2)11-5-4-10(3)12(6-11)16-14(17)13-7-18-8-15-13/h4-6,9,13,15H,7-8H2,1-3H3,(H,16,17). The van der Waals surface area contributed by atoms with Gasteiger partial charge in [0.15, 0.2) is 0 Å². The Bertz CT molecular complexity index is 439. The summed E-state index contributed by atoms with van der Waals surface area (Å²) < 4.78 is 0. The maximum atomic E-state index is 12.1. The second-order valence-corrected chi connectivity index (χ2v) is 6.02. The van der Waals surface area contributed by atoms with E-state index in [4.69, 9.17) is 0 Å². The van der Waals surface area contributed by atoms with Crippen LogP contribution >= 0.6 is 11.8 Å². The summed E-state index contributed by atoms with van der Waals surface area (Å²) in [5, 5.41) is 6.22. The molecular formula is C14H20N2OS. The van der Waals surface area contributed by atoms with Crippen molar-refractivity contribution in [2.24, 2.45) is 0 Å². The van der Waals surface area contributed by atoms with E-state index in [1.807, 2.05) is 6.92 Å². The second kappa shape index (κ2) is 5.76. The van der Waals surface area contributed by atoms with Crippen LogP contribution in [-0.2, 0) is 4.79 Å². The number of aryl methyl sites for hydroxylation is 1. The van der Waals surface area contributed by atoms with E-state index in [1.54, 1.807) is 11.8 Å². The van der Waals surface area contributed by atoms with Crippen molar-refractivity contribution >= 4 is 23.4 Å². The van der Waals surface area contributed by atoms with Crippen LogP contribution in [0.4, 0.5) is 5.69 Å². The largest absolute Gasteiger partial charge is 0.324 e. The molecule has 2 N–H and O–H groups in total. The zero-order chi connectivity index (χ0) is 13.1. The Labute approximate surface area is 113 Å². The van der Waals surface area contributed by atoms with Crippen LogP contribution in [-0.4, -0.2) is 23.6 Å². The van der Waals surface area contributed by atoms with Gasteiger partial charge in [-0.05, 0) is 30.0 Å². The fraction of sp³-hybridized carbons (Fsp3) is 0.500. The average Bonchev–Trinajstić information content (AvgIpc) is 2.85. The number of rotatable bonds is 3. The molecule has 1 aromatic carbocycles. The molecule has 1 aliphatic heterocycles. The number of hydrogen-bond acceptors (Lipinski definition) is 3. The summed E-state index contributed by atoms with van der Waals surface area (Å²) in [5.41, 5.74) is 3.30. The summed E-state index contributed by atoms with van der Waals surface area (Å²) in [4.78, 5) is 12.1. The minimum Gasteiger partial charge on any atom is -0.324 e. The molecule has 98 valence electrons. The van der Waals surface area contributed by atoms with Crippen LogP contribution in [0, 0.1) is 6.92 Å². The lowest BCUT2D eigenvalue weighted by molar-refractivity contribution is -0.117. The van der Waals surface area contributed by atoms with Gasteiger partial charge in [0.2, 0.25) is 5.91 Å². The predicted octanol–water partition coefficient (Wildman–Crippen LogP) is 2.72. The van der Waals surface area contributed by atoms with Crippen LogP contribution in [0.3, 0.4) is 0 Å². The fourth-order valence-corrected chi connectivity index (χ4v) is 2.86. The molecule has 1 amide bonds. The molecule has 1 saturated heterocycles. The van der Waals surface area contributed by atoms with Gasteiger partial charge in [0, 0.05) is 17.3 Å². The van der Waals surface area contributed by atoms with Crippen LogP contribution in [0.25, 0.3) is 0 Å². The minimum atomic E-state index is -0.0582. The highest BCUT2D eigenvalue weighted by Crippen LogP contribution is 2.23. The van der Waals surface area contributed by atoms with Crippen molar-refractivity contribution in [1.82, 2.24) is 5.32 Å². The van der Waals surface area contributed by atoms with Gasteiger partial charge in [-0.2, -0.15) is 0 Å². The Hall–Kier alpha value is -1.000. The maximum absolute atomic E-state index is 12.1. The molecule has 1 unspecified atom stereocenters. The summed E-state index contributed by atoms with van der Waals surface area (Å²) in [5.74, 6) is 2.27. The summed E-state index contributed by atoms with van der Waals surface area (Å²) in [6, 6.07) is 6.22. The quantitative estimate of drug-likeness (QED) is 0.882. The van der Waals surface area contributed by atoms with Crippen LogP contribution in [0.5, 0.6) is 0 Å². The van der Waals surface area contributed by atoms with Crippen LogP contribution in [0.2, 0.25) is 0 Å². The Morgan fingerprint density at radius 1 is 1.50 bits per heavy atom. The molecule has 1 aromatic rings. The van der Waals surface area contributed by atoms with E-state index in [0.29, 0.717) is 5.92 Å². The number of nitrogens with one attached hydrogen (secondary N) is 2. The first-order chi connectivity index (χ1) is 8.58. The summed E-state index contributed by atoms with van der Waals surface area (Å²) in [6.07, 6.45) is 0. The Balaban J connectivity index is 2.12.